The third kappa shape index (κ3) is 2.53. The van der Waals surface area contributed by atoms with Crippen molar-refractivity contribution in [2.24, 2.45) is 0 Å². The van der Waals surface area contributed by atoms with Gasteiger partial charge in [-0.15, -0.1) is 0 Å². The van der Waals surface area contributed by atoms with Crippen LogP contribution in [0.15, 0.2) is 18.3 Å². The Hall–Kier alpha value is -1.69. The number of aromatic nitrogens is 1. The van der Waals surface area contributed by atoms with Crippen LogP contribution in [0.25, 0.3) is 0 Å². The maximum absolute atomic E-state index is 10.6. The fourth-order valence-electron chi connectivity index (χ4n) is 3.05. The van der Waals surface area contributed by atoms with Crippen LogP contribution in [-0.4, -0.2) is 28.0 Å². The molecule has 1 unspecified atom stereocenters. The predicted molar refractivity (Wildman–Crippen MR) is 72.1 cm³/mol. The van der Waals surface area contributed by atoms with Crippen LogP contribution < -0.4 is 10.6 Å². The van der Waals surface area contributed by atoms with Gasteiger partial charge < -0.3 is 10.6 Å². The van der Waals surface area contributed by atoms with Gasteiger partial charge in [0.1, 0.15) is 12.0 Å². The quantitative estimate of drug-likeness (QED) is 0.644. The van der Waals surface area contributed by atoms with Gasteiger partial charge >= 0.3 is 0 Å². The number of nitro groups is 1. The minimum atomic E-state index is -0.426. The van der Waals surface area contributed by atoms with Gasteiger partial charge in [-0.25, -0.2) is 4.98 Å². The molecular formula is C13H18N4O2. The van der Waals surface area contributed by atoms with Gasteiger partial charge in [0, 0.05) is 17.6 Å². The minimum absolute atomic E-state index is 0.0336. The second-order valence-electron chi connectivity index (χ2n) is 5.55. The SMILES string of the molecule is O=[N+]([O-])c1ccc(NC2CCNC3(CCC3)C2)nc1. The molecule has 1 aliphatic heterocycles. The molecule has 3 rings (SSSR count). The maximum Gasteiger partial charge on any atom is 0.287 e. The van der Waals surface area contributed by atoms with Gasteiger partial charge in [-0.05, 0) is 44.7 Å². The molecule has 1 saturated carbocycles. The lowest BCUT2D eigenvalue weighted by Crippen LogP contribution is -2.58. The first kappa shape index (κ1) is 12.3. The molecule has 0 radical (unpaired) electrons. The average molecular weight is 262 g/mol. The summed E-state index contributed by atoms with van der Waals surface area (Å²) in [6.45, 7) is 1.03. The highest BCUT2D eigenvalue weighted by atomic mass is 16.6. The first-order chi connectivity index (χ1) is 9.17. The predicted octanol–water partition coefficient (Wildman–Crippen LogP) is 2.08. The third-order valence-electron chi connectivity index (χ3n) is 4.25. The molecule has 6 nitrogen and oxygen atoms in total. The first-order valence-corrected chi connectivity index (χ1v) is 6.79. The fourth-order valence-corrected chi connectivity index (χ4v) is 3.05. The largest absolute Gasteiger partial charge is 0.367 e. The molecule has 0 amide bonds. The second-order valence-corrected chi connectivity index (χ2v) is 5.55. The highest BCUT2D eigenvalue weighted by molar-refractivity contribution is 5.41. The molecule has 0 aromatic carbocycles. The summed E-state index contributed by atoms with van der Waals surface area (Å²) in [5.74, 6) is 0.729. The summed E-state index contributed by atoms with van der Waals surface area (Å²) in [4.78, 5) is 14.3. The molecule has 2 N–H and O–H groups in total. The van der Waals surface area contributed by atoms with Crippen molar-refractivity contribution < 1.29 is 4.92 Å². The van der Waals surface area contributed by atoms with Gasteiger partial charge in [0.15, 0.2) is 0 Å². The van der Waals surface area contributed by atoms with Gasteiger partial charge in [-0.1, -0.05) is 0 Å². The molecular weight excluding hydrogens is 244 g/mol. The number of piperidine rings is 1. The van der Waals surface area contributed by atoms with E-state index in [4.69, 9.17) is 0 Å². The van der Waals surface area contributed by atoms with Crippen molar-refractivity contribution in [2.45, 2.75) is 43.7 Å². The minimum Gasteiger partial charge on any atom is -0.367 e. The van der Waals surface area contributed by atoms with E-state index >= 15 is 0 Å². The Morgan fingerprint density at radius 2 is 2.32 bits per heavy atom. The number of hydrogen-bond acceptors (Lipinski definition) is 5. The van der Waals surface area contributed by atoms with Crippen molar-refractivity contribution in [3.63, 3.8) is 0 Å². The molecule has 0 bridgehead atoms. The van der Waals surface area contributed by atoms with Crippen molar-refractivity contribution in [1.82, 2.24) is 10.3 Å². The molecule has 1 aromatic rings. The molecule has 102 valence electrons. The highest BCUT2D eigenvalue weighted by Crippen LogP contribution is 2.38. The van der Waals surface area contributed by atoms with Gasteiger partial charge in [-0.3, -0.25) is 10.1 Å². The van der Waals surface area contributed by atoms with Crippen molar-refractivity contribution in [3.8, 4) is 0 Å². The zero-order valence-corrected chi connectivity index (χ0v) is 10.8. The summed E-state index contributed by atoms with van der Waals surface area (Å²) in [6.07, 6.45) is 7.34. The molecule has 2 fully saturated rings. The van der Waals surface area contributed by atoms with E-state index in [1.807, 2.05) is 0 Å². The zero-order chi connectivity index (χ0) is 13.3. The average Bonchev–Trinajstić information content (AvgIpc) is 2.38. The fraction of sp³-hybridized carbons (Fsp3) is 0.615. The van der Waals surface area contributed by atoms with E-state index in [0.717, 1.165) is 25.2 Å². The van der Waals surface area contributed by atoms with E-state index in [0.29, 0.717) is 11.6 Å². The summed E-state index contributed by atoms with van der Waals surface area (Å²) in [7, 11) is 0. The number of rotatable bonds is 3. The standard InChI is InChI=1S/C13H18N4O2/c18-17(19)11-2-3-12(14-9-11)16-10-4-7-15-13(8-10)5-1-6-13/h2-3,9-10,15H,1,4-8H2,(H,14,16). The molecule has 2 aliphatic rings. The highest BCUT2D eigenvalue weighted by Gasteiger charge is 2.40. The Morgan fingerprint density at radius 1 is 1.47 bits per heavy atom. The van der Waals surface area contributed by atoms with E-state index in [2.05, 4.69) is 15.6 Å². The van der Waals surface area contributed by atoms with Gasteiger partial charge in [-0.2, -0.15) is 0 Å². The lowest BCUT2D eigenvalue weighted by Gasteiger charge is -2.48. The summed E-state index contributed by atoms with van der Waals surface area (Å²) in [6, 6.07) is 3.60. The van der Waals surface area contributed by atoms with Crippen molar-refractivity contribution >= 4 is 11.5 Å². The van der Waals surface area contributed by atoms with E-state index in [9.17, 15) is 10.1 Å². The maximum atomic E-state index is 10.6. The van der Waals surface area contributed by atoms with Crippen LogP contribution >= 0.6 is 0 Å². The molecule has 2 heterocycles. The van der Waals surface area contributed by atoms with Crippen LogP contribution in [0.3, 0.4) is 0 Å². The van der Waals surface area contributed by atoms with Crippen LogP contribution in [-0.2, 0) is 0 Å². The Bertz CT molecular complexity index is 470. The monoisotopic (exact) mass is 262 g/mol. The summed E-state index contributed by atoms with van der Waals surface area (Å²) in [5, 5.41) is 17.6. The third-order valence-corrected chi connectivity index (χ3v) is 4.25. The zero-order valence-electron chi connectivity index (χ0n) is 10.8. The van der Waals surface area contributed by atoms with Gasteiger partial charge in [0.2, 0.25) is 0 Å². The second kappa shape index (κ2) is 4.77. The molecule has 1 aromatic heterocycles. The Balaban J connectivity index is 1.62. The van der Waals surface area contributed by atoms with Crippen LogP contribution in [0.5, 0.6) is 0 Å². The van der Waals surface area contributed by atoms with Crippen LogP contribution in [0.4, 0.5) is 11.5 Å². The number of pyridine rings is 1. The summed E-state index contributed by atoms with van der Waals surface area (Å²) >= 11 is 0. The number of nitrogens with one attached hydrogen (secondary N) is 2. The molecule has 1 saturated heterocycles. The van der Waals surface area contributed by atoms with Crippen molar-refractivity contribution in [3.05, 3.63) is 28.4 Å². The number of anilines is 1. The Morgan fingerprint density at radius 3 is 2.89 bits per heavy atom. The Labute approximate surface area is 111 Å². The lowest BCUT2D eigenvalue weighted by atomic mass is 9.70. The van der Waals surface area contributed by atoms with E-state index in [-0.39, 0.29) is 5.69 Å². The molecule has 1 spiro atoms. The summed E-state index contributed by atoms with van der Waals surface area (Å²) < 4.78 is 0. The van der Waals surface area contributed by atoms with Gasteiger partial charge in [0.05, 0.1) is 4.92 Å². The lowest BCUT2D eigenvalue weighted by molar-refractivity contribution is -0.385. The van der Waals surface area contributed by atoms with Crippen LogP contribution in [0.1, 0.15) is 32.1 Å². The van der Waals surface area contributed by atoms with Crippen molar-refractivity contribution in [2.75, 3.05) is 11.9 Å². The van der Waals surface area contributed by atoms with Crippen LogP contribution in [0, 0.1) is 10.1 Å². The molecule has 19 heavy (non-hydrogen) atoms. The molecule has 6 heteroatoms. The van der Waals surface area contributed by atoms with E-state index in [1.165, 1.54) is 31.5 Å². The smallest absolute Gasteiger partial charge is 0.287 e. The first-order valence-electron chi connectivity index (χ1n) is 6.79. The van der Waals surface area contributed by atoms with E-state index in [1.54, 1.807) is 6.07 Å². The normalized spacial score (nSPS) is 24.7. The number of nitrogens with zero attached hydrogens (tertiary/aromatic N) is 2. The Kier molecular flexibility index (Phi) is 3.10. The molecule has 1 aliphatic carbocycles. The number of hydrogen-bond donors (Lipinski definition) is 2. The molecule has 1 atom stereocenters. The van der Waals surface area contributed by atoms with Gasteiger partial charge in [0.25, 0.3) is 5.69 Å². The summed E-state index contributed by atoms with van der Waals surface area (Å²) in [5.41, 5.74) is 0.378. The van der Waals surface area contributed by atoms with Crippen molar-refractivity contribution in [1.29, 1.82) is 0 Å². The van der Waals surface area contributed by atoms with Crippen LogP contribution in [0.2, 0.25) is 0 Å². The van der Waals surface area contributed by atoms with E-state index < -0.39 is 4.92 Å². The topological polar surface area (TPSA) is 80.1 Å².